The highest BCUT2D eigenvalue weighted by atomic mass is 32.1. The van der Waals surface area contributed by atoms with E-state index in [1.54, 1.807) is 12.4 Å². The van der Waals surface area contributed by atoms with Gasteiger partial charge < -0.3 is 9.51 Å². The SMILES string of the molecule is CC(C)N(C(=O)O)c1cnc(-c2cn3ccnc3c(-c3ccccc3)n2)s1. The van der Waals surface area contributed by atoms with Gasteiger partial charge in [-0.25, -0.2) is 19.7 Å². The molecular formula is C19H17N5O2S. The van der Waals surface area contributed by atoms with Crippen molar-refractivity contribution in [1.29, 1.82) is 0 Å². The van der Waals surface area contributed by atoms with Gasteiger partial charge >= 0.3 is 6.09 Å². The van der Waals surface area contributed by atoms with Crippen LogP contribution in [0.25, 0.3) is 27.6 Å². The summed E-state index contributed by atoms with van der Waals surface area (Å²) in [6, 6.07) is 9.66. The number of hydrogen-bond donors (Lipinski definition) is 1. The van der Waals surface area contributed by atoms with E-state index in [4.69, 9.17) is 4.98 Å². The molecule has 0 spiro atoms. The second kappa shape index (κ2) is 6.81. The second-order valence-corrected chi connectivity index (χ2v) is 7.26. The predicted molar refractivity (Wildman–Crippen MR) is 105 cm³/mol. The Labute approximate surface area is 159 Å². The Bertz CT molecular complexity index is 1100. The first-order valence-electron chi connectivity index (χ1n) is 8.42. The van der Waals surface area contributed by atoms with Gasteiger partial charge in [-0.3, -0.25) is 4.90 Å². The maximum Gasteiger partial charge on any atom is 0.412 e. The number of imidazole rings is 1. The number of benzene rings is 1. The highest BCUT2D eigenvalue weighted by molar-refractivity contribution is 7.19. The van der Waals surface area contributed by atoms with Gasteiger partial charge in [0.2, 0.25) is 0 Å². The van der Waals surface area contributed by atoms with Gasteiger partial charge in [0.25, 0.3) is 0 Å². The number of hydrogen-bond acceptors (Lipinski definition) is 5. The van der Waals surface area contributed by atoms with Gasteiger partial charge in [0.15, 0.2) is 5.65 Å². The fraction of sp³-hybridized carbons (Fsp3) is 0.158. The standard InChI is InChI=1S/C19H17N5O2S/c1-12(2)24(19(25)26)15-10-21-18(27-15)14-11-23-9-8-20-17(23)16(22-14)13-6-4-3-5-7-13/h3-12H,1-2H3,(H,25,26). The molecule has 136 valence electrons. The van der Waals surface area contributed by atoms with Gasteiger partial charge in [-0.15, -0.1) is 0 Å². The van der Waals surface area contributed by atoms with Crippen LogP contribution in [0.4, 0.5) is 9.80 Å². The number of rotatable bonds is 4. The first-order valence-corrected chi connectivity index (χ1v) is 9.23. The van der Waals surface area contributed by atoms with Crippen LogP contribution < -0.4 is 4.90 Å². The van der Waals surface area contributed by atoms with E-state index in [9.17, 15) is 9.90 Å². The summed E-state index contributed by atoms with van der Waals surface area (Å²) in [4.78, 5) is 26.4. The van der Waals surface area contributed by atoms with E-state index in [2.05, 4.69) is 9.97 Å². The smallest absolute Gasteiger partial charge is 0.412 e. The van der Waals surface area contributed by atoms with E-state index >= 15 is 0 Å². The summed E-state index contributed by atoms with van der Waals surface area (Å²) >= 11 is 1.30. The Balaban J connectivity index is 1.83. The summed E-state index contributed by atoms with van der Waals surface area (Å²) in [5, 5.41) is 10.7. The van der Waals surface area contributed by atoms with Crippen molar-refractivity contribution in [1.82, 2.24) is 19.4 Å². The van der Waals surface area contributed by atoms with Crippen molar-refractivity contribution in [2.24, 2.45) is 0 Å². The number of thiazole rings is 1. The van der Waals surface area contributed by atoms with Crippen LogP contribution in [-0.2, 0) is 0 Å². The molecule has 3 aromatic heterocycles. The summed E-state index contributed by atoms with van der Waals surface area (Å²) in [6.45, 7) is 3.66. The molecule has 0 unspecified atom stereocenters. The van der Waals surface area contributed by atoms with E-state index in [1.807, 2.05) is 61.0 Å². The molecule has 0 bridgehead atoms. The molecule has 1 amide bonds. The van der Waals surface area contributed by atoms with Gasteiger partial charge in [-0.2, -0.15) is 0 Å². The van der Waals surface area contributed by atoms with Crippen LogP contribution in [0.15, 0.2) is 55.1 Å². The predicted octanol–water partition coefficient (Wildman–Crippen LogP) is 4.41. The molecule has 0 radical (unpaired) electrons. The summed E-state index contributed by atoms with van der Waals surface area (Å²) in [5.41, 5.74) is 3.15. The van der Waals surface area contributed by atoms with Crippen molar-refractivity contribution >= 4 is 28.1 Å². The molecule has 27 heavy (non-hydrogen) atoms. The molecule has 7 nitrogen and oxygen atoms in total. The summed E-state index contributed by atoms with van der Waals surface area (Å²) in [7, 11) is 0. The molecule has 0 aliphatic rings. The van der Waals surface area contributed by atoms with Crippen LogP contribution in [-0.4, -0.2) is 36.6 Å². The lowest BCUT2D eigenvalue weighted by Crippen LogP contribution is -2.34. The molecule has 0 fully saturated rings. The van der Waals surface area contributed by atoms with Crippen molar-refractivity contribution in [3.8, 4) is 22.0 Å². The van der Waals surface area contributed by atoms with Gasteiger partial charge in [0.1, 0.15) is 21.4 Å². The molecule has 0 saturated heterocycles. The third kappa shape index (κ3) is 3.15. The lowest BCUT2D eigenvalue weighted by atomic mass is 10.1. The Morgan fingerprint density at radius 2 is 2.00 bits per heavy atom. The average Bonchev–Trinajstić information content (AvgIpc) is 3.30. The van der Waals surface area contributed by atoms with E-state index < -0.39 is 6.09 Å². The van der Waals surface area contributed by atoms with E-state index in [1.165, 1.54) is 16.2 Å². The summed E-state index contributed by atoms with van der Waals surface area (Å²) < 4.78 is 1.91. The molecule has 0 saturated carbocycles. The van der Waals surface area contributed by atoms with E-state index in [0.29, 0.717) is 15.7 Å². The maximum absolute atomic E-state index is 11.5. The fourth-order valence-corrected chi connectivity index (χ4v) is 3.89. The van der Waals surface area contributed by atoms with Gasteiger partial charge in [-0.1, -0.05) is 41.7 Å². The molecule has 3 heterocycles. The monoisotopic (exact) mass is 379 g/mol. The van der Waals surface area contributed by atoms with Crippen LogP contribution in [0.5, 0.6) is 0 Å². The maximum atomic E-state index is 11.5. The van der Waals surface area contributed by atoms with Crippen LogP contribution >= 0.6 is 11.3 Å². The van der Waals surface area contributed by atoms with Crippen LogP contribution in [0, 0.1) is 0 Å². The van der Waals surface area contributed by atoms with E-state index in [-0.39, 0.29) is 6.04 Å². The van der Waals surface area contributed by atoms with E-state index in [0.717, 1.165) is 16.9 Å². The topological polar surface area (TPSA) is 83.6 Å². The molecule has 0 aliphatic carbocycles. The van der Waals surface area contributed by atoms with Gasteiger partial charge in [0.05, 0.1) is 6.20 Å². The Hall–Kier alpha value is -3.26. The summed E-state index contributed by atoms with van der Waals surface area (Å²) in [5.74, 6) is 0. The Morgan fingerprint density at radius 3 is 2.70 bits per heavy atom. The molecular weight excluding hydrogens is 362 g/mol. The molecule has 4 aromatic rings. The number of anilines is 1. The molecule has 4 rings (SSSR count). The minimum Gasteiger partial charge on any atom is -0.465 e. The van der Waals surface area contributed by atoms with Crippen LogP contribution in [0.3, 0.4) is 0 Å². The average molecular weight is 379 g/mol. The number of carbonyl (C=O) groups is 1. The molecule has 1 aromatic carbocycles. The van der Waals surface area contributed by atoms with Crippen LogP contribution in [0.1, 0.15) is 13.8 Å². The number of carboxylic acid groups (broad SMARTS) is 1. The molecule has 0 atom stereocenters. The normalized spacial score (nSPS) is 11.2. The first kappa shape index (κ1) is 17.2. The Kier molecular flexibility index (Phi) is 4.33. The number of fused-ring (bicyclic) bond motifs is 1. The fourth-order valence-electron chi connectivity index (χ4n) is 2.89. The lowest BCUT2D eigenvalue weighted by Gasteiger charge is -2.20. The van der Waals surface area contributed by atoms with Crippen molar-refractivity contribution in [2.75, 3.05) is 4.90 Å². The van der Waals surface area contributed by atoms with Gasteiger partial charge in [0, 0.05) is 30.2 Å². The van der Waals surface area contributed by atoms with Crippen molar-refractivity contribution in [3.05, 3.63) is 55.1 Å². The highest BCUT2D eigenvalue weighted by Gasteiger charge is 2.22. The number of amides is 1. The van der Waals surface area contributed by atoms with Gasteiger partial charge in [-0.05, 0) is 13.8 Å². The van der Waals surface area contributed by atoms with Crippen LogP contribution in [0.2, 0.25) is 0 Å². The zero-order chi connectivity index (χ0) is 19.0. The first-order chi connectivity index (χ1) is 13.0. The molecule has 8 heteroatoms. The van der Waals surface area contributed by atoms with Crippen molar-refractivity contribution < 1.29 is 9.90 Å². The quantitative estimate of drug-likeness (QED) is 0.568. The lowest BCUT2D eigenvalue weighted by molar-refractivity contribution is 0.200. The zero-order valence-corrected chi connectivity index (χ0v) is 15.6. The Morgan fingerprint density at radius 1 is 1.22 bits per heavy atom. The number of aromatic nitrogens is 4. The second-order valence-electron chi connectivity index (χ2n) is 6.25. The highest BCUT2D eigenvalue weighted by Crippen LogP contribution is 2.33. The third-order valence-electron chi connectivity index (χ3n) is 4.09. The minimum atomic E-state index is -0.997. The minimum absolute atomic E-state index is 0.181. The van der Waals surface area contributed by atoms with Crippen molar-refractivity contribution in [2.45, 2.75) is 19.9 Å². The zero-order valence-electron chi connectivity index (χ0n) is 14.8. The third-order valence-corrected chi connectivity index (χ3v) is 5.11. The number of nitrogens with zero attached hydrogens (tertiary/aromatic N) is 5. The molecule has 0 aliphatic heterocycles. The van der Waals surface area contributed by atoms with Crippen molar-refractivity contribution in [3.63, 3.8) is 0 Å². The molecule has 1 N–H and O–H groups in total. The largest absolute Gasteiger partial charge is 0.465 e. The summed E-state index contributed by atoms with van der Waals surface area (Å²) in [6.07, 6.45) is 6.03.